The molecule has 20 heavy (non-hydrogen) atoms. The molecule has 0 spiro atoms. The van der Waals surface area contributed by atoms with Crippen LogP contribution in [0.25, 0.3) is 10.8 Å². The second-order valence-electron chi connectivity index (χ2n) is 4.66. The van der Waals surface area contributed by atoms with Crippen molar-refractivity contribution >= 4 is 28.4 Å². The average Bonchev–Trinajstić information content (AvgIpc) is 2.46. The molecule has 2 aromatic rings. The summed E-state index contributed by atoms with van der Waals surface area (Å²) in [5.41, 5.74) is 5.37. The molecule has 1 amide bonds. The fourth-order valence-electron chi connectivity index (χ4n) is 2.14. The molecule has 0 saturated heterocycles. The van der Waals surface area contributed by atoms with Gasteiger partial charge in [0.2, 0.25) is 5.91 Å². The van der Waals surface area contributed by atoms with E-state index < -0.39 is 0 Å². The van der Waals surface area contributed by atoms with E-state index in [4.69, 9.17) is 5.73 Å². The van der Waals surface area contributed by atoms with Crippen LogP contribution in [0.1, 0.15) is 13.3 Å². The zero-order chi connectivity index (χ0) is 14.4. The Labute approximate surface area is 123 Å². The van der Waals surface area contributed by atoms with Crippen molar-refractivity contribution < 1.29 is 4.79 Å². The number of carbonyl (C=O) groups excluding carboxylic acids is 1. The lowest BCUT2D eigenvalue weighted by atomic mass is 10.1. The zero-order valence-electron chi connectivity index (χ0n) is 11.6. The summed E-state index contributed by atoms with van der Waals surface area (Å²) >= 11 is 1.76. The summed E-state index contributed by atoms with van der Waals surface area (Å²) in [6.07, 6.45) is 0.751. The fourth-order valence-corrected chi connectivity index (χ4v) is 3.11. The van der Waals surface area contributed by atoms with Gasteiger partial charge in [-0.3, -0.25) is 4.79 Å². The van der Waals surface area contributed by atoms with E-state index in [2.05, 4.69) is 35.6 Å². The van der Waals surface area contributed by atoms with Crippen molar-refractivity contribution in [3.05, 3.63) is 42.5 Å². The maximum Gasteiger partial charge on any atom is 0.234 e. The van der Waals surface area contributed by atoms with Crippen molar-refractivity contribution in [2.45, 2.75) is 24.3 Å². The number of nitrogens with two attached hydrogens (primary N) is 1. The summed E-state index contributed by atoms with van der Waals surface area (Å²) < 4.78 is 0. The smallest absolute Gasteiger partial charge is 0.234 e. The highest BCUT2D eigenvalue weighted by Gasteiger charge is 2.13. The summed E-state index contributed by atoms with van der Waals surface area (Å²) in [4.78, 5) is 12.5. The number of primary amides is 1. The van der Waals surface area contributed by atoms with E-state index >= 15 is 0 Å². The summed E-state index contributed by atoms with van der Waals surface area (Å²) in [6, 6.07) is 14.5. The third-order valence-electron chi connectivity index (χ3n) is 3.19. The molecule has 0 heterocycles. The summed E-state index contributed by atoms with van der Waals surface area (Å²) in [5.74, 6) is 0.602. The number of likely N-dealkylation sites (N-methyl/N-ethyl adjacent to an activating group) is 1. The quantitative estimate of drug-likeness (QED) is 0.770. The predicted molar refractivity (Wildman–Crippen MR) is 85.9 cm³/mol. The number of nitrogens with one attached hydrogen (secondary N) is 1. The van der Waals surface area contributed by atoms with Gasteiger partial charge >= 0.3 is 0 Å². The molecule has 0 aromatic heterocycles. The van der Waals surface area contributed by atoms with Gasteiger partial charge in [0.15, 0.2) is 0 Å². The third kappa shape index (κ3) is 3.99. The number of thioether (sulfide) groups is 1. The number of amides is 1. The maximum atomic E-state index is 11.3. The Hall–Kier alpha value is -1.52. The Bertz CT molecular complexity index is 585. The molecule has 106 valence electrons. The maximum absolute atomic E-state index is 11.3. The first-order chi connectivity index (χ1) is 9.70. The lowest BCUT2D eigenvalue weighted by molar-refractivity contribution is -0.120. The van der Waals surface area contributed by atoms with Gasteiger partial charge in [0.05, 0.1) is 6.04 Å². The first kappa shape index (κ1) is 14.9. The summed E-state index contributed by atoms with van der Waals surface area (Å²) in [6.45, 7) is 2.74. The molecule has 4 heteroatoms. The average molecular weight is 288 g/mol. The molecule has 0 bridgehead atoms. The van der Waals surface area contributed by atoms with E-state index in [1.807, 2.05) is 19.1 Å². The predicted octanol–water partition coefficient (Wildman–Crippen LogP) is 2.79. The van der Waals surface area contributed by atoms with Crippen molar-refractivity contribution in [1.82, 2.24) is 5.32 Å². The molecular formula is C16H20N2OS. The minimum absolute atomic E-state index is 0.229. The van der Waals surface area contributed by atoms with Gasteiger partial charge in [-0.05, 0) is 41.6 Å². The normalized spacial score (nSPS) is 12.4. The van der Waals surface area contributed by atoms with Gasteiger partial charge in [0, 0.05) is 4.90 Å². The van der Waals surface area contributed by atoms with Crippen LogP contribution in [-0.2, 0) is 4.79 Å². The molecule has 0 aliphatic rings. The fraction of sp³-hybridized carbons (Fsp3) is 0.312. The molecule has 3 nitrogen and oxygen atoms in total. The Morgan fingerprint density at radius 2 is 2.00 bits per heavy atom. The van der Waals surface area contributed by atoms with Crippen LogP contribution in [0.5, 0.6) is 0 Å². The number of benzene rings is 2. The highest BCUT2D eigenvalue weighted by atomic mass is 32.2. The van der Waals surface area contributed by atoms with E-state index in [1.165, 1.54) is 15.7 Å². The van der Waals surface area contributed by atoms with Crippen LogP contribution < -0.4 is 11.1 Å². The molecule has 0 radical (unpaired) electrons. The van der Waals surface area contributed by atoms with E-state index in [0.29, 0.717) is 0 Å². The van der Waals surface area contributed by atoms with Gasteiger partial charge in [-0.1, -0.05) is 37.3 Å². The molecule has 0 saturated carbocycles. The van der Waals surface area contributed by atoms with Gasteiger partial charge in [-0.25, -0.2) is 0 Å². The number of rotatable bonds is 7. The molecule has 3 N–H and O–H groups in total. The first-order valence-corrected chi connectivity index (χ1v) is 7.83. The van der Waals surface area contributed by atoms with Crippen LogP contribution in [0.2, 0.25) is 0 Å². The molecule has 1 unspecified atom stereocenters. The first-order valence-electron chi connectivity index (χ1n) is 6.85. The highest BCUT2D eigenvalue weighted by molar-refractivity contribution is 7.99. The number of hydrogen-bond donors (Lipinski definition) is 2. The largest absolute Gasteiger partial charge is 0.368 e. The second kappa shape index (κ2) is 7.31. The van der Waals surface area contributed by atoms with Crippen molar-refractivity contribution in [2.75, 3.05) is 12.3 Å². The Morgan fingerprint density at radius 3 is 2.70 bits per heavy atom. The van der Waals surface area contributed by atoms with Crippen LogP contribution in [-0.4, -0.2) is 24.2 Å². The minimum atomic E-state index is -0.272. The molecule has 0 aliphatic carbocycles. The monoisotopic (exact) mass is 288 g/mol. The lowest BCUT2D eigenvalue weighted by Crippen LogP contribution is -2.41. The Morgan fingerprint density at radius 1 is 1.25 bits per heavy atom. The summed E-state index contributed by atoms with van der Waals surface area (Å²) in [5, 5.41) is 5.61. The van der Waals surface area contributed by atoms with Crippen LogP contribution in [0.15, 0.2) is 47.4 Å². The van der Waals surface area contributed by atoms with Gasteiger partial charge in [-0.2, -0.15) is 0 Å². The Kier molecular flexibility index (Phi) is 5.44. The zero-order valence-corrected chi connectivity index (χ0v) is 12.5. The van der Waals surface area contributed by atoms with Crippen LogP contribution in [0.3, 0.4) is 0 Å². The molecular weight excluding hydrogens is 268 g/mol. The topological polar surface area (TPSA) is 55.1 Å². The van der Waals surface area contributed by atoms with Crippen molar-refractivity contribution in [3.8, 4) is 0 Å². The molecule has 2 aromatic carbocycles. The van der Waals surface area contributed by atoms with Crippen LogP contribution >= 0.6 is 11.8 Å². The number of hydrogen-bond acceptors (Lipinski definition) is 3. The third-order valence-corrected chi connectivity index (χ3v) is 4.22. The lowest BCUT2D eigenvalue weighted by Gasteiger charge is -2.13. The summed E-state index contributed by atoms with van der Waals surface area (Å²) in [7, 11) is 0. The SMILES string of the molecule is CCNC(CCSc1ccc2ccccc2c1)C(N)=O. The number of fused-ring (bicyclic) bond motifs is 1. The van der Waals surface area contributed by atoms with Gasteiger partial charge in [0.25, 0.3) is 0 Å². The molecule has 0 fully saturated rings. The highest BCUT2D eigenvalue weighted by Crippen LogP contribution is 2.24. The number of carbonyl (C=O) groups is 1. The van der Waals surface area contributed by atoms with Crippen LogP contribution in [0.4, 0.5) is 0 Å². The van der Waals surface area contributed by atoms with Crippen molar-refractivity contribution in [2.24, 2.45) is 5.73 Å². The van der Waals surface area contributed by atoms with Crippen molar-refractivity contribution in [1.29, 1.82) is 0 Å². The standard InChI is InChI=1S/C16H20N2OS/c1-2-18-15(16(17)19)9-10-20-14-8-7-12-5-3-4-6-13(12)11-14/h3-8,11,15,18H,2,9-10H2,1H3,(H2,17,19). The van der Waals surface area contributed by atoms with Gasteiger partial charge < -0.3 is 11.1 Å². The van der Waals surface area contributed by atoms with Gasteiger partial charge in [-0.15, -0.1) is 11.8 Å². The van der Waals surface area contributed by atoms with E-state index in [0.717, 1.165) is 18.7 Å². The minimum Gasteiger partial charge on any atom is -0.368 e. The van der Waals surface area contributed by atoms with Crippen molar-refractivity contribution in [3.63, 3.8) is 0 Å². The molecule has 2 rings (SSSR count). The van der Waals surface area contributed by atoms with Crippen LogP contribution in [0, 0.1) is 0 Å². The van der Waals surface area contributed by atoms with E-state index in [1.54, 1.807) is 11.8 Å². The molecule has 0 aliphatic heterocycles. The Balaban J connectivity index is 1.93. The second-order valence-corrected chi connectivity index (χ2v) is 5.83. The van der Waals surface area contributed by atoms with E-state index in [-0.39, 0.29) is 11.9 Å². The van der Waals surface area contributed by atoms with E-state index in [9.17, 15) is 4.79 Å². The van der Waals surface area contributed by atoms with Gasteiger partial charge in [0.1, 0.15) is 0 Å². The molecule has 1 atom stereocenters.